The third-order valence-electron chi connectivity index (χ3n) is 3.16. The van der Waals surface area contributed by atoms with Crippen molar-refractivity contribution >= 4 is 21.6 Å². The van der Waals surface area contributed by atoms with Gasteiger partial charge in [-0.15, -0.1) is 0 Å². The van der Waals surface area contributed by atoms with Crippen LogP contribution in [0.15, 0.2) is 17.0 Å². The van der Waals surface area contributed by atoms with E-state index in [2.05, 4.69) is 5.32 Å². The fraction of sp³-hybridized carbons (Fsp3) is 0.500. The van der Waals surface area contributed by atoms with Crippen molar-refractivity contribution in [2.75, 3.05) is 19.6 Å². The van der Waals surface area contributed by atoms with Gasteiger partial charge in [0.1, 0.15) is 10.7 Å². The molecule has 1 aromatic rings. The molecule has 106 valence electrons. The van der Waals surface area contributed by atoms with Crippen molar-refractivity contribution in [3.8, 4) is 0 Å². The van der Waals surface area contributed by atoms with E-state index in [0.29, 0.717) is 19.6 Å². The lowest BCUT2D eigenvalue weighted by Gasteiger charge is -2.31. The van der Waals surface area contributed by atoms with Gasteiger partial charge in [0.2, 0.25) is 10.0 Å². The number of rotatable bonds is 2. The average molecular weight is 307 g/mol. The van der Waals surface area contributed by atoms with Crippen molar-refractivity contribution < 1.29 is 12.8 Å². The van der Waals surface area contributed by atoms with Crippen LogP contribution < -0.4 is 5.32 Å². The second-order valence-corrected chi connectivity index (χ2v) is 7.06. The number of aryl methyl sites for hydroxylation is 1. The molecule has 1 saturated heterocycles. The zero-order chi connectivity index (χ0) is 14.2. The number of nitrogens with one attached hydrogen (secondary N) is 1. The lowest BCUT2D eigenvalue weighted by atomic mass is 10.2. The zero-order valence-corrected chi connectivity index (χ0v) is 12.4. The van der Waals surface area contributed by atoms with E-state index in [1.165, 1.54) is 17.3 Å². The number of benzene rings is 1. The fourth-order valence-corrected chi connectivity index (χ4v) is 4.19. The number of sulfonamides is 1. The Labute approximate surface area is 117 Å². The number of nitrogens with zero attached hydrogens (tertiary/aromatic N) is 1. The van der Waals surface area contributed by atoms with E-state index < -0.39 is 15.8 Å². The van der Waals surface area contributed by atoms with Crippen LogP contribution in [0.2, 0.25) is 5.02 Å². The maximum atomic E-state index is 13.3. The van der Waals surface area contributed by atoms with Gasteiger partial charge in [0.15, 0.2) is 0 Å². The molecular formula is C12H16ClFN2O2S. The van der Waals surface area contributed by atoms with E-state index in [-0.39, 0.29) is 21.5 Å². The molecule has 0 amide bonds. The Balaban J connectivity index is 2.42. The van der Waals surface area contributed by atoms with Gasteiger partial charge in [-0.3, -0.25) is 0 Å². The summed E-state index contributed by atoms with van der Waals surface area (Å²) in [6.07, 6.45) is 0. The van der Waals surface area contributed by atoms with E-state index in [4.69, 9.17) is 11.6 Å². The lowest BCUT2D eigenvalue weighted by Crippen LogP contribution is -2.51. The molecule has 1 N–H and O–H groups in total. The predicted octanol–water partition coefficient (Wildman–Crippen LogP) is 1.77. The average Bonchev–Trinajstić information content (AvgIpc) is 2.33. The summed E-state index contributed by atoms with van der Waals surface area (Å²) in [5, 5.41) is 3.10. The van der Waals surface area contributed by atoms with Crippen molar-refractivity contribution in [1.82, 2.24) is 9.62 Å². The summed E-state index contributed by atoms with van der Waals surface area (Å²) in [5.41, 5.74) is 0.270. The van der Waals surface area contributed by atoms with E-state index in [1.807, 2.05) is 6.92 Å². The summed E-state index contributed by atoms with van der Waals surface area (Å²) in [5.74, 6) is -0.502. The first-order valence-electron chi connectivity index (χ1n) is 6.01. The number of hydrogen-bond acceptors (Lipinski definition) is 3. The summed E-state index contributed by atoms with van der Waals surface area (Å²) in [7, 11) is -3.67. The first-order valence-corrected chi connectivity index (χ1v) is 7.83. The lowest BCUT2D eigenvalue weighted by molar-refractivity contribution is 0.310. The highest BCUT2D eigenvalue weighted by atomic mass is 35.5. The molecule has 4 nitrogen and oxygen atoms in total. The summed E-state index contributed by atoms with van der Waals surface area (Å²) >= 11 is 5.88. The standard InChI is InChI=1S/C12H16ClFN2O2S/c1-8-5-12(10(13)6-11(8)14)19(17,18)16-4-3-15-9(2)7-16/h5-6,9,15H,3-4,7H2,1-2H3. The van der Waals surface area contributed by atoms with Gasteiger partial charge in [-0.1, -0.05) is 11.6 Å². The van der Waals surface area contributed by atoms with Gasteiger partial charge in [-0.05, 0) is 31.5 Å². The maximum Gasteiger partial charge on any atom is 0.244 e. The Hall–Kier alpha value is -0.690. The molecule has 0 aromatic heterocycles. The molecule has 1 aromatic carbocycles. The van der Waals surface area contributed by atoms with Crippen molar-refractivity contribution in [1.29, 1.82) is 0 Å². The Morgan fingerprint density at radius 1 is 1.47 bits per heavy atom. The van der Waals surface area contributed by atoms with Crippen LogP contribution in [-0.4, -0.2) is 38.4 Å². The van der Waals surface area contributed by atoms with Crippen molar-refractivity contribution in [3.05, 3.63) is 28.5 Å². The van der Waals surface area contributed by atoms with Gasteiger partial charge in [-0.2, -0.15) is 4.31 Å². The molecule has 0 aliphatic carbocycles. The van der Waals surface area contributed by atoms with Crippen molar-refractivity contribution in [2.24, 2.45) is 0 Å². The van der Waals surface area contributed by atoms with Crippen LogP contribution >= 0.6 is 11.6 Å². The number of piperazine rings is 1. The molecule has 1 unspecified atom stereocenters. The molecule has 1 aliphatic rings. The third-order valence-corrected chi connectivity index (χ3v) is 5.49. The SMILES string of the molecule is Cc1cc(S(=O)(=O)N2CCNC(C)C2)c(Cl)cc1F. The summed E-state index contributed by atoms with van der Waals surface area (Å²) < 4.78 is 39.7. The molecule has 0 bridgehead atoms. The van der Waals surface area contributed by atoms with Crippen molar-refractivity contribution in [2.45, 2.75) is 24.8 Å². The summed E-state index contributed by atoms with van der Waals surface area (Å²) in [6.45, 7) is 4.80. The van der Waals surface area contributed by atoms with Crippen molar-refractivity contribution in [3.63, 3.8) is 0 Å². The van der Waals surface area contributed by atoms with Crippen LogP contribution in [0.3, 0.4) is 0 Å². The van der Waals surface area contributed by atoms with E-state index in [0.717, 1.165) is 6.07 Å². The zero-order valence-electron chi connectivity index (χ0n) is 10.8. The van der Waals surface area contributed by atoms with Gasteiger partial charge < -0.3 is 5.32 Å². The maximum absolute atomic E-state index is 13.3. The Morgan fingerprint density at radius 3 is 2.79 bits per heavy atom. The molecule has 19 heavy (non-hydrogen) atoms. The van der Waals surface area contributed by atoms with E-state index in [1.54, 1.807) is 0 Å². The third kappa shape index (κ3) is 2.91. The van der Waals surface area contributed by atoms with E-state index >= 15 is 0 Å². The first-order chi connectivity index (χ1) is 8.82. The number of halogens is 2. The molecule has 0 spiro atoms. The molecule has 7 heteroatoms. The predicted molar refractivity (Wildman–Crippen MR) is 72.4 cm³/mol. The molecule has 1 fully saturated rings. The highest BCUT2D eigenvalue weighted by molar-refractivity contribution is 7.89. The van der Waals surface area contributed by atoms with Gasteiger partial charge in [-0.25, -0.2) is 12.8 Å². The minimum atomic E-state index is -3.67. The van der Waals surface area contributed by atoms with Crippen LogP contribution in [0.4, 0.5) is 4.39 Å². The second kappa shape index (κ2) is 5.36. The quantitative estimate of drug-likeness (QED) is 0.906. The second-order valence-electron chi connectivity index (χ2n) is 4.75. The molecule has 0 radical (unpaired) electrons. The Morgan fingerprint density at radius 2 is 2.16 bits per heavy atom. The van der Waals surface area contributed by atoms with Crippen LogP contribution in [0.25, 0.3) is 0 Å². The molecular weight excluding hydrogens is 291 g/mol. The van der Waals surface area contributed by atoms with Crippen LogP contribution in [0, 0.1) is 12.7 Å². The topological polar surface area (TPSA) is 49.4 Å². The molecule has 2 rings (SSSR count). The summed E-state index contributed by atoms with van der Waals surface area (Å²) in [4.78, 5) is -0.0258. The van der Waals surface area contributed by atoms with Gasteiger partial charge >= 0.3 is 0 Å². The highest BCUT2D eigenvalue weighted by Crippen LogP contribution is 2.27. The monoisotopic (exact) mass is 306 g/mol. The van der Waals surface area contributed by atoms with Crippen LogP contribution in [-0.2, 0) is 10.0 Å². The molecule has 0 saturated carbocycles. The minimum Gasteiger partial charge on any atom is -0.312 e. The van der Waals surface area contributed by atoms with Gasteiger partial charge in [0.25, 0.3) is 0 Å². The Kier molecular flexibility index (Phi) is 4.15. The van der Waals surface area contributed by atoms with Gasteiger partial charge in [0, 0.05) is 25.7 Å². The Bertz CT molecular complexity index is 592. The number of hydrogen-bond donors (Lipinski definition) is 1. The smallest absolute Gasteiger partial charge is 0.244 e. The first kappa shape index (κ1) is 14.7. The molecule has 1 atom stereocenters. The van der Waals surface area contributed by atoms with Crippen LogP contribution in [0.1, 0.15) is 12.5 Å². The summed E-state index contributed by atoms with van der Waals surface area (Å²) in [6, 6.07) is 2.43. The molecule has 1 heterocycles. The highest BCUT2D eigenvalue weighted by Gasteiger charge is 2.30. The molecule has 1 aliphatic heterocycles. The largest absolute Gasteiger partial charge is 0.312 e. The van der Waals surface area contributed by atoms with Crippen LogP contribution in [0.5, 0.6) is 0 Å². The fourth-order valence-electron chi connectivity index (χ4n) is 2.08. The van der Waals surface area contributed by atoms with Gasteiger partial charge in [0.05, 0.1) is 5.02 Å². The normalized spacial score (nSPS) is 21.6. The van der Waals surface area contributed by atoms with E-state index in [9.17, 15) is 12.8 Å². The minimum absolute atomic E-state index is 0.0258.